The highest BCUT2D eigenvalue weighted by Gasteiger charge is 2.18. The van der Waals surface area contributed by atoms with Crippen LogP contribution in [-0.4, -0.2) is 28.2 Å². The summed E-state index contributed by atoms with van der Waals surface area (Å²) >= 11 is 8.28. The van der Waals surface area contributed by atoms with Crippen LogP contribution in [-0.2, 0) is 11.4 Å². The molecule has 0 saturated carbocycles. The Hall–Kier alpha value is -3.82. The summed E-state index contributed by atoms with van der Waals surface area (Å²) < 4.78 is 12.8. The zero-order chi connectivity index (χ0) is 27.8. The maximum Gasteiger partial charge on any atom is 0.300 e. The van der Waals surface area contributed by atoms with Crippen LogP contribution < -0.4 is 9.47 Å². The summed E-state index contributed by atoms with van der Waals surface area (Å²) in [7, 11) is 1.65. The molecule has 0 atom stereocenters. The van der Waals surface area contributed by atoms with Crippen LogP contribution in [0.1, 0.15) is 12.5 Å². The Kier molecular flexibility index (Phi) is 9.62. The number of nitrogens with zero attached hydrogens (tertiary/aromatic N) is 1. The van der Waals surface area contributed by atoms with Gasteiger partial charge in [0.25, 0.3) is 5.97 Å². The number of halogens is 2. The second kappa shape index (κ2) is 13.3. The van der Waals surface area contributed by atoms with Crippen LogP contribution >= 0.6 is 34.2 Å². The molecule has 1 heterocycles. The number of aromatic amines is 1. The first kappa shape index (κ1) is 28.2. The molecule has 1 aromatic heterocycles. The molecule has 39 heavy (non-hydrogen) atoms. The molecule has 0 bridgehead atoms. The smallest absolute Gasteiger partial charge is 0.300 e. The van der Waals surface area contributed by atoms with Crippen molar-refractivity contribution >= 4 is 40.2 Å². The van der Waals surface area contributed by atoms with E-state index in [9.17, 15) is 0 Å². The molecule has 0 aliphatic carbocycles. The van der Waals surface area contributed by atoms with Gasteiger partial charge in [-0.15, -0.1) is 0 Å². The van der Waals surface area contributed by atoms with Crippen molar-refractivity contribution in [3.05, 3.63) is 111 Å². The topological polar surface area (TPSA) is 84.4 Å². The predicted molar refractivity (Wildman–Crippen MR) is 163 cm³/mol. The highest BCUT2D eigenvalue weighted by atomic mass is 127. The molecule has 0 unspecified atom stereocenters. The lowest BCUT2D eigenvalue weighted by Gasteiger charge is -2.14. The van der Waals surface area contributed by atoms with Crippen molar-refractivity contribution in [2.24, 2.45) is 0 Å². The van der Waals surface area contributed by atoms with Crippen LogP contribution in [0.4, 0.5) is 0 Å². The molecule has 0 amide bonds. The van der Waals surface area contributed by atoms with Gasteiger partial charge in [0.1, 0.15) is 12.4 Å². The van der Waals surface area contributed by atoms with E-state index in [1.807, 2.05) is 66.7 Å². The van der Waals surface area contributed by atoms with E-state index in [1.165, 1.54) is 0 Å². The van der Waals surface area contributed by atoms with Crippen molar-refractivity contribution in [2.75, 3.05) is 7.11 Å². The minimum Gasteiger partial charge on any atom is -0.493 e. The first-order valence-electron chi connectivity index (χ1n) is 12.0. The Labute approximate surface area is 245 Å². The fourth-order valence-electron chi connectivity index (χ4n) is 3.86. The van der Waals surface area contributed by atoms with E-state index >= 15 is 0 Å². The maximum absolute atomic E-state index is 9.00. The second-order valence-electron chi connectivity index (χ2n) is 8.46. The van der Waals surface area contributed by atoms with Gasteiger partial charge in [0, 0.05) is 28.6 Å². The highest BCUT2D eigenvalue weighted by Crippen LogP contribution is 2.39. The van der Waals surface area contributed by atoms with Gasteiger partial charge >= 0.3 is 0 Å². The van der Waals surface area contributed by atoms with Crippen LogP contribution in [0.25, 0.3) is 33.9 Å². The molecule has 0 saturated heterocycles. The number of hydrogen-bond acceptors (Lipinski definition) is 4. The second-order valence-corrected chi connectivity index (χ2v) is 10.1. The molecular formula is C31H26ClIN2O4. The van der Waals surface area contributed by atoms with Gasteiger partial charge < -0.3 is 19.6 Å². The Morgan fingerprint density at radius 1 is 0.923 bits per heavy atom. The van der Waals surface area contributed by atoms with Crippen molar-refractivity contribution in [3.8, 4) is 45.4 Å². The average Bonchev–Trinajstić information content (AvgIpc) is 3.39. The molecule has 0 radical (unpaired) electrons. The van der Waals surface area contributed by atoms with Crippen molar-refractivity contribution in [3.63, 3.8) is 0 Å². The van der Waals surface area contributed by atoms with Gasteiger partial charge in [-0.3, -0.25) is 4.79 Å². The quantitative estimate of drug-likeness (QED) is 0.173. The summed E-state index contributed by atoms with van der Waals surface area (Å²) in [5, 5.41) is 8.12. The fourth-order valence-corrected chi connectivity index (χ4v) is 4.74. The number of aliphatic carboxylic acids is 1. The molecule has 2 N–H and O–H groups in total. The van der Waals surface area contributed by atoms with Crippen molar-refractivity contribution < 1.29 is 19.4 Å². The van der Waals surface area contributed by atoms with Crippen molar-refractivity contribution in [1.82, 2.24) is 9.97 Å². The first-order chi connectivity index (χ1) is 18.9. The fraction of sp³-hybridized carbons (Fsp3) is 0.0968. The van der Waals surface area contributed by atoms with Gasteiger partial charge in [-0.05, 0) is 52.4 Å². The summed E-state index contributed by atoms with van der Waals surface area (Å²) in [6, 6.07) is 32.1. The number of carboxylic acid groups (broad SMARTS) is 1. The Balaban J connectivity index is 0.000000826. The van der Waals surface area contributed by atoms with Crippen LogP contribution in [0, 0.1) is 3.57 Å². The van der Waals surface area contributed by atoms with E-state index in [-0.39, 0.29) is 0 Å². The van der Waals surface area contributed by atoms with Crippen molar-refractivity contribution in [2.45, 2.75) is 13.5 Å². The molecule has 0 aliphatic rings. The minimum absolute atomic E-state index is 0.417. The number of methoxy groups -OCH3 is 1. The molecule has 5 rings (SSSR count). The van der Waals surface area contributed by atoms with Gasteiger partial charge in [0.15, 0.2) is 11.5 Å². The number of benzene rings is 4. The third kappa shape index (κ3) is 7.40. The molecule has 0 spiro atoms. The predicted octanol–water partition coefficient (Wildman–Crippen LogP) is 8.35. The summed E-state index contributed by atoms with van der Waals surface area (Å²) in [6.45, 7) is 1.50. The number of H-pyrrole nitrogens is 1. The molecule has 0 fully saturated rings. The normalized spacial score (nSPS) is 10.4. The Morgan fingerprint density at radius 3 is 2.10 bits per heavy atom. The van der Waals surface area contributed by atoms with Crippen LogP contribution in [0.5, 0.6) is 11.5 Å². The van der Waals surface area contributed by atoms with Crippen LogP contribution in [0.3, 0.4) is 0 Å². The lowest BCUT2D eigenvalue weighted by molar-refractivity contribution is -0.134. The molecule has 0 aliphatic heterocycles. The average molecular weight is 653 g/mol. The number of imidazole rings is 1. The van der Waals surface area contributed by atoms with Gasteiger partial charge in [0.2, 0.25) is 0 Å². The monoisotopic (exact) mass is 652 g/mol. The van der Waals surface area contributed by atoms with E-state index in [1.54, 1.807) is 7.11 Å². The number of ether oxygens (including phenoxy) is 2. The van der Waals surface area contributed by atoms with E-state index < -0.39 is 5.97 Å². The zero-order valence-electron chi connectivity index (χ0n) is 21.3. The summed E-state index contributed by atoms with van der Waals surface area (Å²) in [4.78, 5) is 17.6. The molecule has 8 heteroatoms. The Bertz CT molecular complexity index is 1480. The van der Waals surface area contributed by atoms with E-state index in [2.05, 4.69) is 57.9 Å². The third-order valence-electron chi connectivity index (χ3n) is 5.61. The highest BCUT2D eigenvalue weighted by molar-refractivity contribution is 14.1. The molecule has 5 aromatic rings. The summed E-state index contributed by atoms with van der Waals surface area (Å²) in [5.74, 6) is 1.29. The van der Waals surface area contributed by atoms with E-state index in [4.69, 9.17) is 36.0 Å². The van der Waals surface area contributed by atoms with Crippen LogP contribution in [0.15, 0.2) is 97.1 Å². The van der Waals surface area contributed by atoms with Gasteiger partial charge in [-0.1, -0.05) is 84.4 Å². The van der Waals surface area contributed by atoms with E-state index in [0.29, 0.717) is 23.1 Å². The zero-order valence-corrected chi connectivity index (χ0v) is 24.2. The number of carbonyl (C=O) groups is 1. The number of nitrogens with one attached hydrogen (secondary N) is 1. The molecule has 6 nitrogen and oxygen atoms in total. The first-order valence-corrected chi connectivity index (χ1v) is 13.5. The largest absolute Gasteiger partial charge is 0.493 e. The Morgan fingerprint density at radius 2 is 1.51 bits per heavy atom. The lowest BCUT2D eigenvalue weighted by Crippen LogP contribution is -2.00. The summed E-state index contributed by atoms with van der Waals surface area (Å²) in [5.41, 5.74) is 5.97. The molecule has 4 aromatic carbocycles. The number of aromatic nitrogens is 2. The SMILES string of the molecule is CC(=O)O.COc1cc(-c2nc(-c3ccccc3)c(-c3ccccc3)[nH]2)cc(I)c1OCc1ccc(Cl)cc1. The number of rotatable bonds is 7. The minimum atomic E-state index is -0.833. The number of hydrogen-bond donors (Lipinski definition) is 2. The summed E-state index contributed by atoms with van der Waals surface area (Å²) in [6.07, 6.45) is 0. The third-order valence-corrected chi connectivity index (χ3v) is 6.67. The van der Waals surface area contributed by atoms with E-state index in [0.717, 1.165) is 50.0 Å². The van der Waals surface area contributed by atoms with Gasteiger partial charge in [-0.25, -0.2) is 4.98 Å². The number of carboxylic acids is 1. The molecule has 198 valence electrons. The lowest BCUT2D eigenvalue weighted by atomic mass is 10.1. The maximum atomic E-state index is 9.00. The van der Waals surface area contributed by atoms with Crippen LogP contribution in [0.2, 0.25) is 5.02 Å². The van der Waals surface area contributed by atoms with Gasteiger partial charge in [0.05, 0.1) is 22.1 Å². The van der Waals surface area contributed by atoms with Crippen molar-refractivity contribution in [1.29, 1.82) is 0 Å². The standard InChI is InChI=1S/C29H22ClIN2O2.C2H4O2/c1-34-25-17-22(16-24(31)28(25)35-18-19-12-14-23(30)15-13-19)29-32-26(20-8-4-2-5-9-20)27(33-29)21-10-6-3-7-11-21;1-2(3)4/h2-17H,18H2,1H3,(H,32,33);1H3,(H,3,4). The van der Waals surface area contributed by atoms with Gasteiger partial charge in [-0.2, -0.15) is 0 Å². The molecular weight excluding hydrogens is 627 g/mol.